The van der Waals surface area contributed by atoms with Gasteiger partial charge in [0, 0.05) is 138 Å². The van der Waals surface area contributed by atoms with Gasteiger partial charge in [0.1, 0.15) is 42.9 Å². The van der Waals surface area contributed by atoms with E-state index in [1.54, 1.807) is 19.6 Å². The SMILES string of the molecule is C=CC(=O)Cl.C=CC(=O)N1CCN(c2nc(OCCCN3C[C@@H](F)[C@@H](F)C3)nc3c2CCN(c2cc(C)cc4ccccc24)C3)CC1.CCN(CC)CC.Cc1cc(N2CCc3c(nc(OCCCN4C[C@@H](F)[C@@H](F)C4)nc3N3CCN(C(=O)OCc4ccccc4)CC3)C2)c2ccccc2c1.ClCCl. The minimum Gasteiger partial charge on any atom is -0.463 e. The Bertz CT molecular complexity index is 3960. The van der Waals surface area contributed by atoms with Crippen LogP contribution in [0.5, 0.6) is 12.0 Å². The molecule has 8 heterocycles. The van der Waals surface area contributed by atoms with Crippen molar-refractivity contribution in [3.05, 3.63) is 168 Å². The van der Waals surface area contributed by atoms with Crippen LogP contribution < -0.4 is 29.1 Å². The molecule has 6 aliphatic heterocycles. The fraction of sp³-hybridized carbons (Fsp3) is 0.481. The van der Waals surface area contributed by atoms with Gasteiger partial charge in [-0.05, 0) is 123 Å². The number of alkyl halides is 6. The Hall–Kier alpha value is -8.06. The fourth-order valence-corrected chi connectivity index (χ4v) is 13.9. The smallest absolute Gasteiger partial charge is 0.410 e. The molecule has 0 radical (unpaired) electrons. The highest BCUT2D eigenvalue weighted by Crippen LogP contribution is 2.38. The van der Waals surface area contributed by atoms with E-state index < -0.39 is 29.9 Å². The summed E-state index contributed by atoms with van der Waals surface area (Å²) in [5, 5.41) is 4.54. The number of carbonyl (C=O) groups excluding carboxylic acids is 3. The monoisotopic (exact) mass is 1510 g/mol. The van der Waals surface area contributed by atoms with Crippen LogP contribution in [0.4, 0.5) is 45.4 Å². The van der Waals surface area contributed by atoms with Gasteiger partial charge in [0.25, 0.3) is 0 Å². The molecular formula is C79H100Cl3F4N13O6. The van der Waals surface area contributed by atoms with Crippen molar-refractivity contribution in [1.29, 1.82) is 0 Å². The van der Waals surface area contributed by atoms with E-state index in [0.717, 1.165) is 71.7 Å². The van der Waals surface area contributed by atoms with Gasteiger partial charge in [0.05, 0.1) is 43.0 Å². The molecule has 0 unspecified atom stereocenters. The largest absolute Gasteiger partial charge is 0.463 e. The molecule has 0 bridgehead atoms. The number of hydrogen-bond acceptors (Lipinski definition) is 17. The van der Waals surface area contributed by atoms with E-state index in [9.17, 15) is 31.9 Å². The second kappa shape index (κ2) is 40.6. The minimum atomic E-state index is -1.42. The summed E-state index contributed by atoms with van der Waals surface area (Å²) >= 11 is 14.2. The normalized spacial score (nSPS) is 18.7. The lowest BCUT2D eigenvalue weighted by Crippen LogP contribution is -2.49. The van der Waals surface area contributed by atoms with Gasteiger partial charge in [-0.2, -0.15) is 19.9 Å². The number of nitrogens with zero attached hydrogens (tertiary/aromatic N) is 13. The summed E-state index contributed by atoms with van der Waals surface area (Å²) in [5.41, 5.74) is 9.85. The number of anilines is 4. The topological polar surface area (TPSA) is 160 Å². The first-order chi connectivity index (χ1) is 50.8. The average molecular weight is 1510 g/mol. The summed E-state index contributed by atoms with van der Waals surface area (Å²) in [6.45, 7) is 31.3. The van der Waals surface area contributed by atoms with E-state index in [0.29, 0.717) is 117 Å². The number of piperazine rings is 2. The Morgan fingerprint density at radius 1 is 0.543 bits per heavy atom. The standard InChI is InChI=1S/C37H42F2N6O3.C32H38F2N6O2.C6H15N.C3H3ClO.CH2Cl2/c1-26-20-28-10-5-6-11-29(28)34(21-26)45-14-12-30-33(24-45)40-36(47-19-7-13-42-22-31(38)32(39)23-42)41-35(30)43-15-17-44(18-16-43)37(46)48-25-27-8-3-2-4-9-27;1-3-30(41)38-12-14-39(15-13-38)31-25-9-11-40(29-18-22(2)17-23-7-4-5-8-24(23)29)21-28(25)35-32(36-31)42-16-6-10-37-19-26(33)27(34)20-37;1-4-7(5-2)6-3;1-2-3(4)5;2-1-3/h2-6,8-11,20-21,31-32H,7,12-19,22-25H2,1H3;3-5,7-8,17-18,26-27H,1,6,9-16,19-21H2,2H3;4-6H2,1-3H3;2H,1H2;1H2/t31-,32+;26-,27+;;;. The molecule has 19 nitrogen and oxygen atoms in total. The maximum atomic E-state index is 13.7. The third-order valence-electron chi connectivity index (χ3n) is 19.5. The molecule has 4 saturated heterocycles. The molecule has 0 N–H and O–H groups in total. The first-order valence-electron chi connectivity index (χ1n) is 36.4. The number of aryl methyl sites for hydroxylation is 2. The number of likely N-dealkylation sites (tertiary alicyclic amines) is 2. The van der Waals surface area contributed by atoms with E-state index >= 15 is 0 Å². The number of rotatable bonds is 21. The lowest BCUT2D eigenvalue weighted by Gasteiger charge is -2.38. The second-order valence-corrected chi connectivity index (χ2v) is 27.8. The molecule has 13 rings (SSSR count). The number of hydrogen-bond donors (Lipinski definition) is 0. The third-order valence-corrected chi connectivity index (χ3v) is 19.7. The van der Waals surface area contributed by atoms with Crippen molar-refractivity contribution in [3.63, 3.8) is 0 Å². The second-order valence-electron chi connectivity index (χ2n) is 26.6. The molecule has 4 atom stereocenters. The molecule has 0 spiro atoms. The number of benzene rings is 5. The van der Waals surface area contributed by atoms with Gasteiger partial charge in [0.15, 0.2) is 0 Å². The molecule has 6 aliphatic rings. The predicted octanol–water partition coefficient (Wildman–Crippen LogP) is 13.5. The maximum Gasteiger partial charge on any atom is 0.410 e. The van der Waals surface area contributed by atoms with Crippen LogP contribution >= 0.6 is 34.8 Å². The number of allylic oxidation sites excluding steroid dienone is 1. The molecule has 0 aliphatic carbocycles. The van der Waals surface area contributed by atoms with Crippen molar-refractivity contribution < 1.29 is 46.2 Å². The lowest BCUT2D eigenvalue weighted by atomic mass is 10.0. The van der Waals surface area contributed by atoms with E-state index in [2.05, 4.69) is 145 Å². The van der Waals surface area contributed by atoms with Gasteiger partial charge < -0.3 is 48.5 Å². The Labute approximate surface area is 630 Å². The van der Waals surface area contributed by atoms with Crippen LogP contribution in [0.15, 0.2) is 128 Å². The molecule has 7 aromatic rings. The van der Waals surface area contributed by atoms with Crippen LogP contribution in [0.3, 0.4) is 0 Å². The minimum absolute atomic E-state index is 0.0550. The highest BCUT2D eigenvalue weighted by molar-refractivity contribution is 6.66. The van der Waals surface area contributed by atoms with Crippen LogP contribution in [0.25, 0.3) is 21.5 Å². The van der Waals surface area contributed by atoms with Gasteiger partial charge >= 0.3 is 18.1 Å². The highest BCUT2D eigenvalue weighted by Gasteiger charge is 2.35. The van der Waals surface area contributed by atoms with Crippen LogP contribution in [-0.4, -0.2) is 229 Å². The van der Waals surface area contributed by atoms with E-state index in [1.807, 2.05) is 30.3 Å². The van der Waals surface area contributed by atoms with E-state index in [4.69, 9.17) is 68.9 Å². The number of fused-ring (bicyclic) bond motifs is 4. The van der Waals surface area contributed by atoms with Crippen molar-refractivity contribution in [2.24, 2.45) is 0 Å². The molecule has 2 amide bonds. The Morgan fingerprint density at radius 3 is 1.33 bits per heavy atom. The van der Waals surface area contributed by atoms with Gasteiger partial charge in [-0.25, -0.2) is 22.4 Å². The quantitative estimate of drug-likeness (QED) is 0.0220. The predicted molar refractivity (Wildman–Crippen MR) is 414 cm³/mol. The molecule has 4 fully saturated rings. The first kappa shape index (κ1) is 81.0. The first-order valence-corrected chi connectivity index (χ1v) is 37.9. The number of carbonyl (C=O) groups is 3. The molecular weight excluding hydrogens is 1410 g/mol. The summed E-state index contributed by atoms with van der Waals surface area (Å²) in [5.74, 6) is 1.66. The summed E-state index contributed by atoms with van der Waals surface area (Å²) in [6, 6.07) is 36.1. The van der Waals surface area contributed by atoms with E-state index in [-0.39, 0.29) is 50.1 Å². The van der Waals surface area contributed by atoms with Gasteiger partial charge in [-0.1, -0.05) is 125 Å². The van der Waals surface area contributed by atoms with E-state index in [1.165, 1.54) is 69.8 Å². The van der Waals surface area contributed by atoms with Gasteiger partial charge in [-0.3, -0.25) is 19.4 Å². The van der Waals surface area contributed by atoms with Gasteiger partial charge in [0.2, 0.25) is 11.1 Å². The Kier molecular flexibility index (Phi) is 31.3. The number of halogens is 7. The highest BCUT2D eigenvalue weighted by atomic mass is 35.5. The zero-order valence-corrected chi connectivity index (χ0v) is 63.4. The number of ether oxygens (including phenoxy) is 3. The zero-order chi connectivity index (χ0) is 74.9. The summed E-state index contributed by atoms with van der Waals surface area (Å²) < 4.78 is 72.2. The Morgan fingerprint density at radius 2 is 0.943 bits per heavy atom. The zero-order valence-electron chi connectivity index (χ0n) is 61.1. The molecule has 566 valence electrons. The summed E-state index contributed by atoms with van der Waals surface area (Å²) in [4.78, 5) is 72.8. The summed E-state index contributed by atoms with van der Waals surface area (Å²) in [7, 11) is 0. The number of aromatic nitrogens is 4. The average Bonchev–Trinajstić information content (AvgIpc) is 1.27. The molecule has 26 heteroatoms. The molecule has 0 saturated carbocycles. The molecule has 5 aromatic carbocycles. The van der Waals surface area contributed by atoms with Crippen LogP contribution in [0.1, 0.15) is 72.8 Å². The number of amides is 2. The van der Waals surface area contributed by atoms with Crippen LogP contribution in [0.2, 0.25) is 0 Å². The van der Waals surface area contributed by atoms with Crippen molar-refractivity contribution >= 4 is 96.6 Å². The molecule has 105 heavy (non-hydrogen) atoms. The fourth-order valence-electron chi connectivity index (χ4n) is 13.9. The van der Waals surface area contributed by atoms with Crippen LogP contribution in [-0.2, 0) is 46.9 Å². The van der Waals surface area contributed by atoms with Gasteiger partial charge in [-0.15, -0.1) is 23.2 Å². The summed E-state index contributed by atoms with van der Waals surface area (Å²) in [6.07, 6.45) is -0.763. The van der Waals surface area contributed by atoms with Crippen LogP contribution in [0, 0.1) is 13.8 Å². The third kappa shape index (κ3) is 22.7. The van der Waals surface area contributed by atoms with Crippen molar-refractivity contribution in [2.75, 3.05) is 163 Å². The van der Waals surface area contributed by atoms with Crippen molar-refractivity contribution in [3.8, 4) is 12.0 Å². The maximum absolute atomic E-state index is 13.7. The Balaban J connectivity index is 0.000000205. The lowest BCUT2D eigenvalue weighted by molar-refractivity contribution is -0.126. The van der Waals surface area contributed by atoms with Crippen molar-refractivity contribution in [1.82, 2.24) is 44.4 Å². The molecule has 2 aromatic heterocycles. The van der Waals surface area contributed by atoms with Crippen molar-refractivity contribution in [2.45, 2.75) is 105 Å².